The Morgan fingerprint density at radius 1 is 1.29 bits per heavy atom. The van der Waals surface area contributed by atoms with Crippen LogP contribution in [0.3, 0.4) is 0 Å². The second kappa shape index (κ2) is 7.17. The van der Waals surface area contributed by atoms with Crippen LogP contribution in [0.5, 0.6) is 0 Å². The van der Waals surface area contributed by atoms with Gasteiger partial charge < -0.3 is 5.11 Å². The Morgan fingerprint density at radius 3 is 2.76 bits per heavy atom. The highest BCUT2D eigenvalue weighted by Gasteiger charge is 2.15. The number of rotatable bonds is 7. The van der Waals surface area contributed by atoms with E-state index in [1.165, 1.54) is 6.07 Å². The number of thiophene rings is 1. The Bertz CT molecular complexity index is 666. The van der Waals surface area contributed by atoms with Crippen LogP contribution in [-0.4, -0.2) is 20.1 Å². The molecule has 1 heterocycles. The summed E-state index contributed by atoms with van der Waals surface area (Å²) in [5, 5.41) is 11.8. The molecular weight excluding hydrogens is 306 g/mol. The summed E-state index contributed by atoms with van der Waals surface area (Å²) in [6.07, 6.45) is 0.593. The first kappa shape index (κ1) is 16.2. The minimum atomic E-state index is -3.53. The topological polar surface area (TPSA) is 66.4 Å². The molecule has 0 spiro atoms. The smallest absolute Gasteiger partial charge is 0.240 e. The van der Waals surface area contributed by atoms with Gasteiger partial charge in [0.2, 0.25) is 10.0 Å². The predicted octanol–water partition coefficient (Wildman–Crippen LogP) is 2.71. The van der Waals surface area contributed by atoms with Crippen molar-refractivity contribution < 1.29 is 13.5 Å². The SMILES string of the molecule is CCC(O)c1cccc(S(=O)(=O)NCCc2cccs2)c1. The Balaban J connectivity index is 2.05. The first-order valence-electron chi connectivity index (χ1n) is 6.83. The summed E-state index contributed by atoms with van der Waals surface area (Å²) >= 11 is 1.61. The lowest BCUT2D eigenvalue weighted by Gasteiger charge is -2.11. The molecule has 2 aromatic rings. The highest BCUT2D eigenvalue weighted by molar-refractivity contribution is 7.89. The summed E-state index contributed by atoms with van der Waals surface area (Å²) in [6, 6.07) is 10.4. The summed E-state index contributed by atoms with van der Waals surface area (Å²) in [6.45, 7) is 2.22. The standard InChI is InChI=1S/C15H19NO3S2/c1-2-15(17)12-5-3-7-14(11-12)21(18,19)16-9-8-13-6-4-10-20-13/h3-7,10-11,15-17H,2,8-9H2,1H3. The molecule has 2 rings (SSSR count). The largest absolute Gasteiger partial charge is 0.388 e. The maximum absolute atomic E-state index is 12.2. The van der Waals surface area contributed by atoms with Crippen molar-refractivity contribution in [3.8, 4) is 0 Å². The molecule has 0 saturated heterocycles. The Kier molecular flexibility index (Phi) is 5.52. The molecule has 1 atom stereocenters. The quantitative estimate of drug-likeness (QED) is 0.822. The molecule has 0 saturated carbocycles. The van der Waals surface area contributed by atoms with Crippen molar-refractivity contribution in [2.75, 3.05) is 6.54 Å². The number of aliphatic hydroxyl groups excluding tert-OH is 1. The average Bonchev–Trinajstić information content (AvgIpc) is 2.99. The van der Waals surface area contributed by atoms with Crippen LogP contribution in [0.25, 0.3) is 0 Å². The molecule has 0 radical (unpaired) electrons. The van der Waals surface area contributed by atoms with E-state index in [0.717, 1.165) is 4.88 Å². The highest BCUT2D eigenvalue weighted by atomic mass is 32.2. The zero-order valence-corrected chi connectivity index (χ0v) is 13.5. The molecule has 4 nitrogen and oxygen atoms in total. The fraction of sp³-hybridized carbons (Fsp3) is 0.333. The lowest BCUT2D eigenvalue weighted by Crippen LogP contribution is -2.26. The van der Waals surface area contributed by atoms with Crippen molar-refractivity contribution in [2.45, 2.75) is 30.8 Å². The Morgan fingerprint density at radius 2 is 2.10 bits per heavy atom. The molecule has 1 unspecified atom stereocenters. The summed E-state index contributed by atoms with van der Waals surface area (Å²) in [4.78, 5) is 1.34. The van der Waals surface area contributed by atoms with E-state index in [4.69, 9.17) is 0 Å². The number of hydrogen-bond acceptors (Lipinski definition) is 4. The zero-order valence-electron chi connectivity index (χ0n) is 11.8. The maximum Gasteiger partial charge on any atom is 0.240 e. The zero-order chi connectivity index (χ0) is 15.3. The minimum absolute atomic E-state index is 0.193. The van der Waals surface area contributed by atoms with E-state index in [1.807, 2.05) is 24.4 Å². The Labute approximate surface area is 129 Å². The van der Waals surface area contributed by atoms with E-state index in [0.29, 0.717) is 24.9 Å². The number of aliphatic hydroxyl groups is 1. The fourth-order valence-corrected chi connectivity index (χ4v) is 3.77. The molecule has 0 amide bonds. The van der Waals surface area contributed by atoms with Gasteiger partial charge in [-0.05, 0) is 42.0 Å². The molecule has 2 N–H and O–H groups in total. The van der Waals surface area contributed by atoms with Gasteiger partial charge in [0.05, 0.1) is 11.0 Å². The van der Waals surface area contributed by atoms with Crippen molar-refractivity contribution in [3.05, 3.63) is 52.2 Å². The van der Waals surface area contributed by atoms with Crippen LogP contribution in [0, 0.1) is 0 Å². The van der Waals surface area contributed by atoms with Gasteiger partial charge in [0.25, 0.3) is 0 Å². The predicted molar refractivity (Wildman–Crippen MR) is 84.9 cm³/mol. The summed E-state index contributed by atoms with van der Waals surface area (Å²) in [5.41, 5.74) is 0.624. The van der Waals surface area contributed by atoms with Crippen molar-refractivity contribution >= 4 is 21.4 Å². The van der Waals surface area contributed by atoms with Gasteiger partial charge in [-0.25, -0.2) is 13.1 Å². The molecule has 114 valence electrons. The van der Waals surface area contributed by atoms with Crippen molar-refractivity contribution in [1.82, 2.24) is 4.72 Å². The van der Waals surface area contributed by atoms with E-state index in [9.17, 15) is 13.5 Å². The number of sulfonamides is 1. The summed E-state index contributed by atoms with van der Waals surface area (Å²) in [5.74, 6) is 0. The first-order chi connectivity index (χ1) is 10.0. The number of benzene rings is 1. The second-order valence-electron chi connectivity index (χ2n) is 4.72. The van der Waals surface area contributed by atoms with Gasteiger partial charge in [0.15, 0.2) is 0 Å². The molecule has 21 heavy (non-hydrogen) atoms. The fourth-order valence-electron chi connectivity index (χ4n) is 1.97. The molecule has 6 heteroatoms. The van der Waals surface area contributed by atoms with E-state index in [1.54, 1.807) is 29.5 Å². The molecule has 1 aromatic heterocycles. The molecule has 0 aliphatic rings. The third-order valence-corrected chi connectivity index (χ3v) is 5.58. The Hall–Kier alpha value is -1.21. The third-order valence-electron chi connectivity index (χ3n) is 3.18. The third kappa shape index (κ3) is 4.38. The highest BCUT2D eigenvalue weighted by Crippen LogP contribution is 2.19. The van der Waals surface area contributed by atoms with E-state index in [-0.39, 0.29) is 4.90 Å². The average molecular weight is 325 g/mol. The van der Waals surface area contributed by atoms with E-state index < -0.39 is 16.1 Å². The van der Waals surface area contributed by atoms with Crippen LogP contribution in [0.15, 0.2) is 46.7 Å². The summed E-state index contributed by atoms with van der Waals surface area (Å²) in [7, 11) is -3.53. The number of nitrogens with one attached hydrogen (secondary N) is 1. The van der Waals surface area contributed by atoms with Gasteiger partial charge in [0.1, 0.15) is 0 Å². The van der Waals surface area contributed by atoms with Crippen LogP contribution < -0.4 is 4.72 Å². The molecule has 0 bridgehead atoms. The first-order valence-corrected chi connectivity index (χ1v) is 9.19. The van der Waals surface area contributed by atoms with E-state index >= 15 is 0 Å². The van der Waals surface area contributed by atoms with Crippen LogP contribution in [0.2, 0.25) is 0 Å². The van der Waals surface area contributed by atoms with Gasteiger partial charge >= 0.3 is 0 Å². The maximum atomic E-state index is 12.2. The van der Waals surface area contributed by atoms with Gasteiger partial charge in [-0.15, -0.1) is 11.3 Å². The van der Waals surface area contributed by atoms with Crippen molar-refractivity contribution in [2.24, 2.45) is 0 Å². The molecular formula is C15H19NO3S2. The van der Waals surface area contributed by atoms with Gasteiger partial charge in [0, 0.05) is 11.4 Å². The van der Waals surface area contributed by atoms with Gasteiger partial charge in [-0.3, -0.25) is 0 Å². The molecule has 1 aromatic carbocycles. The van der Waals surface area contributed by atoms with Gasteiger partial charge in [-0.1, -0.05) is 25.1 Å². The van der Waals surface area contributed by atoms with Crippen molar-refractivity contribution in [1.29, 1.82) is 0 Å². The summed E-state index contributed by atoms with van der Waals surface area (Å²) < 4.78 is 27.1. The molecule has 0 aliphatic carbocycles. The van der Waals surface area contributed by atoms with E-state index in [2.05, 4.69) is 4.72 Å². The second-order valence-corrected chi connectivity index (χ2v) is 7.52. The van der Waals surface area contributed by atoms with Crippen LogP contribution >= 0.6 is 11.3 Å². The van der Waals surface area contributed by atoms with Crippen LogP contribution in [-0.2, 0) is 16.4 Å². The molecule has 0 fully saturated rings. The lowest BCUT2D eigenvalue weighted by molar-refractivity contribution is 0.173. The van der Waals surface area contributed by atoms with Crippen LogP contribution in [0.1, 0.15) is 29.9 Å². The molecule has 0 aliphatic heterocycles. The minimum Gasteiger partial charge on any atom is -0.388 e. The number of hydrogen-bond donors (Lipinski definition) is 2. The monoisotopic (exact) mass is 325 g/mol. The van der Waals surface area contributed by atoms with Gasteiger partial charge in [-0.2, -0.15) is 0 Å². The van der Waals surface area contributed by atoms with Crippen molar-refractivity contribution in [3.63, 3.8) is 0 Å². The normalized spacial score (nSPS) is 13.2. The lowest BCUT2D eigenvalue weighted by atomic mass is 10.1. The van der Waals surface area contributed by atoms with Crippen LogP contribution in [0.4, 0.5) is 0 Å².